The molecule has 0 unspecified atom stereocenters. The molecule has 1 N–H and O–H groups in total. The van der Waals surface area contributed by atoms with Crippen LogP contribution in [-0.2, 0) is 44.4 Å². The third-order valence-corrected chi connectivity index (χ3v) is 8.87. The van der Waals surface area contributed by atoms with Gasteiger partial charge in [-0.3, -0.25) is 14.5 Å². The van der Waals surface area contributed by atoms with Crippen molar-refractivity contribution in [2.45, 2.75) is 50.7 Å². The van der Waals surface area contributed by atoms with E-state index in [0.717, 1.165) is 24.2 Å². The molecular formula is C24H27N3O6S. The van der Waals surface area contributed by atoms with Gasteiger partial charge < -0.3 is 14.6 Å². The molecule has 4 amide bonds. The number of benzene rings is 1. The fourth-order valence-corrected chi connectivity index (χ4v) is 6.89. The van der Waals surface area contributed by atoms with Crippen molar-refractivity contribution < 1.29 is 27.2 Å². The quantitative estimate of drug-likeness (QED) is 0.623. The fourth-order valence-electron chi connectivity index (χ4n) is 5.16. The third-order valence-electron chi connectivity index (χ3n) is 7.12. The molecule has 0 saturated carbocycles. The molecule has 34 heavy (non-hydrogen) atoms. The Bertz CT molecular complexity index is 1260. The molecule has 1 aliphatic carbocycles. The first kappa shape index (κ1) is 22.6. The standard InChI is InChI=1S/C24H27N3O6S/c1-24(18-8-7-16-4-2-5-17(16)12-18)22(29)27(23(30)25-24)14-21(28)26(13-20-6-3-10-33-20)19-9-11-34(31,32)15-19/h3,6-8,10,12,19H,2,4-5,9,11,13-15H2,1H3,(H,25,30)/t19-,24-/m1/s1. The zero-order valence-electron chi connectivity index (χ0n) is 19.0. The largest absolute Gasteiger partial charge is 0.467 e. The van der Waals surface area contributed by atoms with E-state index < -0.39 is 45.8 Å². The monoisotopic (exact) mass is 485 g/mol. The molecule has 3 aliphatic rings. The number of nitrogens with one attached hydrogen (secondary N) is 1. The summed E-state index contributed by atoms with van der Waals surface area (Å²) < 4.78 is 29.5. The van der Waals surface area contributed by atoms with Gasteiger partial charge in [-0.1, -0.05) is 18.2 Å². The van der Waals surface area contributed by atoms with Gasteiger partial charge in [-0.05, 0) is 61.4 Å². The zero-order valence-corrected chi connectivity index (χ0v) is 19.8. The number of aryl methyl sites for hydroxylation is 2. The van der Waals surface area contributed by atoms with Gasteiger partial charge in [-0.2, -0.15) is 0 Å². The van der Waals surface area contributed by atoms with Gasteiger partial charge in [0.25, 0.3) is 5.91 Å². The highest BCUT2D eigenvalue weighted by atomic mass is 32.2. The fraction of sp³-hybridized carbons (Fsp3) is 0.458. The van der Waals surface area contributed by atoms with Crippen molar-refractivity contribution in [1.29, 1.82) is 0 Å². The first-order valence-corrected chi connectivity index (χ1v) is 13.3. The molecule has 3 heterocycles. The highest BCUT2D eigenvalue weighted by molar-refractivity contribution is 7.91. The van der Waals surface area contributed by atoms with Crippen LogP contribution in [0.2, 0.25) is 0 Å². The minimum atomic E-state index is -3.25. The van der Waals surface area contributed by atoms with Crippen LogP contribution in [0, 0.1) is 0 Å². The number of nitrogens with zero attached hydrogens (tertiary/aromatic N) is 2. The van der Waals surface area contributed by atoms with Crippen LogP contribution in [0.5, 0.6) is 0 Å². The van der Waals surface area contributed by atoms with Crippen LogP contribution in [0.1, 0.15) is 42.2 Å². The second kappa shape index (κ2) is 8.26. The van der Waals surface area contributed by atoms with Crippen LogP contribution in [-0.4, -0.2) is 60.2 Å². The second-order valence-electron chi connectivity index (χ2n) is 9.44. The first-order chi connectivity index (χ1) is 16.2. The summed E-state index contributed by atoms with van der Waals surface area (Å²) in [7, 11) is -3.25. The van der Waals surface area contributed by atoms with Crippen LogP contribution in [0.25, 0.3) is 0 Å². The van der Waals surface area contributed by atoms with Crippen LogP contribution < -0.4 is 5.32 Å². The molecule has 1 aromatic heterocycles. The van der Waals surface area contributed by atoms with Crippen molar-refractivity contribution in [2.75, 3.05) is 18.1 Å². The number of rotatable bonds is 6. The Labute approximate surface area is 198 Å². The molecule has 2 fully saturated rings. The highest BCUT2D eigenvalue weighted by Crippen LogP contribution is 2.33. The van der Waals surface area contributed by atoms with Crippen LogP contribution >= 0.6 is 0 Å². The summed E-state index contributed by atoms with van der Waals surface area (Å²) >= 11 is 0. The Kier molecular flexibility index (Phi) is 5.50. The van der Waals surface area contributed by atoms with E-state index >= 15 is 0 Å². The summed E-state index contributed by atoms with van der Waals surface area (Å²) in [6, 6.07) is 8.04. The summed E-state index contributed by atoms with van der Waals surface area (Å²) in [5, 5.41) is 2.76. The Morgan fingerprint density at radius 3 is 2.74 bits per heavy atom. The van der Waals surface area contributed by atoms with Crippen molar-refractivity contribution in [2.24, 2.45) is 0 Å². The summed E-state index contributed by atoms with van der Waals surface area (Å²) in [6.07, 6.45) is 4.80. The molecule has 0 radical (unpaired) electrons. The smallest absolute Gasteiger partial charge is 0.325 e. The molecule has 180 valence electrons. The lowest BCUT2D eigenvalue weighted by Crippen LogP contribution is -2.48. The Morgan fingerprint density at radius 2 is 2.03 bits per heavy atom. The van der Waals surface area contributed by atoms with Crippen LogP contribution in [0.3, 0.4) is 0 Å². The number of urea groups is 1. The second-order valence-corrected chi connectivity index (χ2v) is 11.7. The molecule has 2 aromatic rings. The number of amides is 4. The maximum atomic E-state index is 13.4. The van der Waals surface area contributed by atoms with E-state index in [9.17, 15) is 22.8 Å². The first-order valence-electron chi connectivity index (χ1n) is 11.4. The third kappa shape index (κ3) is 4.00. The van der Waals surface area contributed by atoms with Crippen molar-refractivity contribution in [1.82, 2.24) is 15.1 Å². The van der Waals surface area contributed by atoms with E-state index in [-0.39, 0.29) is 18.1 Å². The van der Waals surface area contributed by atoms with Crippen LogP contribution in [0.4, 0.5) is 4.79 Å². The number of fused-ring (bicyclic) bond motifs is 1. The lowest BCUT2D eigenvalue weighted by atomic mass is 9.89. The number of sulfone groups is 1. The number of furan rings is 1. The Morgan fingerprint density at radius 1 is 1.24 bits per heavy atom. The molecule has 5 rings (SSSR count). The normalized spacial score (nSPS) is 25.4. The molecule has 0 spiro atoms. The van der Waals surface area contributed by atoms with Crippen molar-refractivity contribution in [3.05, 3.63) is 59.0 Å². The average molecular weight is 486 g/mol. The molecule has 2 aliphatic heterocycles. The van der Waals surface area contributed by atoms with Gasteiger partial charge in [-0.15, -0.1) is 0 Å². The van der Waals surface area contributed by atoms with Gasteiger partial charge in [0.1, 0.15) is 17.8 Å². The van der Waals surface area contributed by atoms with Gasteiger partial charge >= 0.3 is 6.03 Å². The van der Waals surface area contributed by atoms with Crippen molar-refractivity contribution >= 4 is 27.7 Å². The maximum Gasteiger partial charge on any atom is 0.325 e. The molecule has 1 aromatic carbocycles. The summed E-state index contributed by atoms with van der Waals surface area (Å²) in [5.41, 5.74) is 1.87. The van der Waals surface area contributed by atoms with Gasteiger partial charge in [0.15, 0.2) is 9.84 Å². The van der Waals surface area contributed by atoms with Gasteiger partial charge in [0.05, 0.1) is 24.3 Å². The summed E-state index contributed by atoms with van der Waals surface area (Å²) in [5.74, 6) is -0.648. The number of imide groups is 1. The minimum Gasteiger partial charge on any atom is -0.467 e. The Balaban J connectivity index is 1.37. The van der Waals surface area contributed by atoms with Crippen molar-refractivity contribution in [3.8, 4) is 0 Å². The van der Waals surface area contributed by atoms with Gasteiger partial charge in [0.2, 0.25) is 5.91 Å². The van der Waals surface area contributed by atoms with E-state index in [1.54, 1.807) is 19.1 Å². The summed E-state index contributed by atoms with van der Waals surface area (Å²) in [6.45, 7) is 1.25. The van der Waals surface area contributed by atoms with E-state index in [0.29, 0.717) is 17.7 Å². The predicted molar refractivity (Wildman–Crippen MR) is 122 cm³/mol. The molecular weight excluding hydrogens is 458 g/mol. The van der Waals surface area contributed by atoms with E-state index in [1.807, 2.05) is 18.2 Å². The lowest BCUT2D eigenvalue weighted by molar-refractivity contribution is -0.140. The Hall–Kier alpha value is -3.14. The predicted octanol–water partition coefficient (Wildman–Crippen LogP) is 1.75. The molecule has 2 atom stereocenters. The van der Waals surface area contributed by atoms with Crippen molar-refractivity contribution in [3.63, 3.8) is 0 Å². The average Bonchev–Trinajstić information content (AvgIpc) is 3.57. The zero-order chi connectivity index (χ0) is 24.1. The minimum absolute atomic E-state index is 0.000861. The summed E-state index contributed by atoms with van der Waals surface area (Å²) in [4.78, 5) is 41.9. The molecule has 9 nitrogen and oxygen atoms in total. The highest BCUT2D eigenvalue weighted by Gasteiger charge is 2.50. The number of carbonyl (C=O) groups is 3. The number of hydrogen-bond donors (Lipinski definition) is 1. The van der Waals surface area contributed by atoms with Crippen LogP contribution in [0.15, 0.2) is 41.0 Å². The van der Waals surface area contributed by atoms with Gasteiger partial charge in [-0.25, -0.2) is 13.2 Å². The number of hydrogen-bond acceptors (Lipinski definition) is 6. The molecule has 2 saturated heterocycles. The molecule has 10 heteroatoms. The maximum absolute atomic E-state index is 13.4. The SMILES string of the molecule is C[C@]1(c2ccc3c(c2)CCC3)NC(=O)N(CC(=O)N(Cc2ccco2)[C@@H]2CCS(=O)(=O)C2)C1=O. The number of carbonyl (C=O) groups excluding carboxylic acids is 3. The van der Waals surface area contributed by atoms with E-state index in [2.05, 4.69) is 5.32 Å². The topological polar surface area (TPSA) is 117 Å². The lowest BCUT2D eigenvalue weighted by Gasteiger charge is -2.29. The van der Waals surface area contributed by atoms with E-state index in [1.165, 1.54) is 22.3 Å². The van der Waals surface area contributed by atoms with E-state index in [4.69, 9.17) is 4.42 Å². The van der Waals surface area contributed by atoms with Gasteiger partial charge in [0, 0.05) is 6.04 Å². The molecule has 0 bridgehead atoms.